The van der Waals surface area contributed by atoms with Crippen LogP contribution in [-0.4, -0.2) is 72.7 Å². The summed E-state index contributed by atoms with van der Waals surface area (Å²) in [6, 6.07) is 1.16. The van der Waals surface area contributed by atoms with Gasteiger partial charge in [0.1, 0.15) is 0 Å². The van der Waals surface area contributed by atoms with Crippen LogP contribution >= 0.6 is 0 Å². The van der Waals surface area contributed by atoms with Gasteiger partial charge in [-0.2, -0.15) is 0 Å². The molecule has 5 nitrogen and oxygen atoms in total. The zero-order valence-electron chi connectivity index (χ0n) is 13.0. The minimum atomic E-state index is 0.404. The molecule has 1 N–H and O–H groups in total. The number of amides is 1. The Morgan fingerprint density at radius 1 is 1.10 bits per heavy atom. The molecule has 21 heavy (non-hydrogen) atoms. The minimum Gasteiger partial charge on any atom is -0.317 e. The molecular weight excluding hydrogens is 264 g/mol. The number of carbonyl (C=O) groups excluding carboxylic acids is 1. The fourth-order valence-corrected chi connectivity index (χ4v) is 4.03. The number of carbonyl (C=O) groups is 1. The van der Waals surface area contributed by atoms with E-state index in [2.05, 4.69) is 21.6 Å². The largest absolute Gasteiger partial charge is 0.317 e. The number of hydrazine groups is 1. The highest BCUT2D eigenvalue weighted by molar-refractivity contribution is 5.47. The van der Waals surface area contributed by atoms with Crippen LogP contribution in [0.4, 0.5) is 0 Å². The maximum atomic E-state index is 11.5. The molecular formula is C16H29N4O. The summed E-state index contributed by atoms with van der Waals surface area (Å²) in [4.78, 5) is 14.2. The molecule has 1 unspecified atom stereocenters. The van der Waals surface area contributed by atoms with Gasteiger partial charge < -0.3 is 5.32 Å². The van der Waals surface area contributed by atoms with Gasteiger partial charge in [0.15, 0.2) is 0 Å². The number of rotatable bonds is 4. The Labute approximate surface area is 128 Å². The first kappa shape index (κ1) is 15.3. The molecule has 1 saturated carbocycles. The second-order valence-corrected chi connectivity index (χ2v) is 6.57. The molecule has 0 aromatic heterocycles. The van der Waals surface area contributed by atoms with Gasteiger partial charge in [0, 0.05) is 38.3 Å². The fourth-order valence-electron chi connectivity index (χ4n) is 4.03. The molecule has 3 fully saturated rings. The van der Waals surface area contributed by atoms with Gasteiger partial charge in [0.25, 0.3) is 0 Å². The maximum Gasteiger partial charge on any atom is 0.224 e. The van der Waals surface area contributed by atoms with Gasteiger partial charge in [0.05, 0.1) is 0 Å². The number of hydrogen-bond acceptors (Lipinski definition) is 4. The quantitative estimate of drug-likeness (QED) is 0.781. The van der Waals surface area contributed by atoms with Crippen LogP contribution in [0.25, 0.3) is 0 Å². The van der Waals surface area contributed by atoms with Crippen LogP contribution < -0.4 is 5.32 Å². The van der Waals surface area contributed by atoms with Crippen molar-refractivity contribution < 1.29 is 4.79 Å². The van der Waals surface area contributed by atoms with Gasteiger partial charge >= 0.3 is 0 Å². The Morgan fingerprint density at radius 3 is 2.48 bits per heavy atom. The molecule has 1 amide bonds. The van der Waals surface area contributed by atoms with Gasteiger partial charge in [-0.1, -0.05) is 12.8 Å². The van der Waals surface area contributed by atoms with Gasteiger partial charge in [-0.05, 0) is 45.2 Å². The summed E-state index contributed by atoms with van der Waals surface area (Å²) in [5.74, 6) is 0. The first-order valence-corrected chi connectivity index (χ1v) is 8.63. The zero-order chi connectivity index (χ0) is 14.5. The lowest BCUT2D eigenvalue weighted by atomic mass is 9.95. The van der Waals surface area contributed by atoms with E-state index in [1.807, 2.05) is 5.01 Å². The zero-order valence-corrected chi connectivity index (χ0v) is 13.0. The molecule has 5 heteroatoms. The average Bonchev–Trinajstić information content (AvgIpc) is 2.58. The van der Waals surface area contributed by atoms with Crippen molar-refractivity contribution in [2.45, 2.75) is 50.6 Å². The molecule has 0 spiro atoms. The normalized spacial score (nSPS) is 27.6. The highest BCUT2D eigenvalue weighted by Crippen LogP contribution is 2.23. The smallest absolute Gasteiger partial charge is 0.224 e. The highest BCUT2D eigenvalue weighted by atomic mass is 16.1. The minimum absolute atomic E-state index is 0.404. The Hall–Kier alpha value is -0.650. The summed E-state index contributed by atoms with van der Waals surface area (Å²) < 4.78 is 0. The third-order valence-electron chi connectivity index (χ3n) is 5.31. The third kappa shape index (κ3) is 3.76. The van der Waals surface area contributed by atoms with E-state index in [0.29, 0.717) is 6.04 Å². The second-order valence-electron chi connectivity index (χ2n) is 6.57. The first-order chi connectivity index (χ1) is 10.4. The van der Waals surface area contributed by atoms with E-state index in [-0.39, 0.29) is 0 Å². The van der Waals surface area contributed by atoms with Crippen LogP contribution in [0.2, 0.25) is 0 Å². The number of nitrogens with one attached hydrogen (secondary N) is 1. The summed E-state index contributed by atoms with van der Waals surface area (Å²) in [6.45, 7) is 6.52. The fraction of sp³-hybridized carbons (Fsp3) is 0.875. The molecule has 3 rings (SSSR count). The molecule has 0 aromatic carbocycles. The van der Waals surface area contributed by atoms with Gasteiger partial charge in [-0.15, -0.1) is 0 Å². The van der Waals surface area contributed by atoms with Crippen molar-refractivity contribution in [3.8, 4) is 0 Å². The lowest BCUT2D eigenvalue weighted by Gasteiger charge is -2.46. The Kier molecular flexibility index (Phi) is 5.49. The number of piperazine rings is 1. The van der Waals surface area contributed by atoms with Crippen molar-refractivity contribution in [3.63, 3.8) is 0 Å². The molecule has 0 aromatic rings. The first-order valence-electron chi connectivity index (χ1n) is 8.63. The number of piperidine rings is 1. The van der Waals surface area contributed by atoms with E-state index in [1.165, 1.54) is 25.7 Å². The van der Waals surface area contributed by atoms with E-state index in [0.717, 1.165) is 64.6 Å². The van der Waals surface area contributed by atoms with Crippen molar-refractivity contribution in [1.82, 2.24) is 20.2 Å². The van der Waals surface area contributed by atoms with Gasteiger partial charge in [-0.25, -0.2) is 5.01 Å². The summed E-state index contributed by atoms with van der Waals surface area (Å²) in [5, 5.41) is 7.72. The topological polar surface area (TPSA) is 38.8 Å². The predicted octanol–water partition coefficient (Wildman–Crippen LogP) is 0.876. The molecule has 1 atom stereocenters. The van der Waals surface area contributed by atoms with Gasteiger partial charge in [-0.3, -0.25) is 14.7 Å². The lowest BCUT2D eigenvalue weighted by molar-refractivity contribution is -0.147. The van der Waals surface area contributed by atoms with Crippen molar-refractivity contribution >= 4 is 6.41 Å². The maximum absolute atomic E-state index is 11.5. The SMILES string of the molecule is O=CN(C1C[CH]CCC1)N1CCN(C2CCNCC2)CC1. The summed E-state index contributed by atoms with van der Waals surface area (Å²) in [7, 11) is 0. The molecule has 1 radical (unpaired) electrons. The van der Waals surface area contributed by atoms with Crippen LogP contribution in [0.3, 0.4) is 0 Å². The molecule has 2 saturated heterocycles. The predicted molar refractivity (Wildman–Crippen MR) is 83.5 cm³/mol. The molecule has 119 valence electrons. The molecule has 0 bridgehead atoms. The van der Waals surface area contributed by atoms with Crippen LogP contribution in [0.1, 0.15) is 38.5 Å². The average molecular weight is 293 g/mol. The monoisotopic (exact) mass is 293 g/mol. The second kappa shape index (κ2) is 7.56. The van der Waals surface area contributed by atoms with E-state index in [1.54, 1.807) is 0 Å². The Balaban J connectivity index is 1.50. The van der Waals surface area contributed by atoms with Crippen molar-refractivity contribution in [2.24, 2.45) is 0 Å². The van der Waals surface area contributed by atoms with E-state index in [4.69, 9.17) is 0 Å². The lowest BCUT2D eigenvalue weighted by Crippen LogP contribution is -2.58. The third-order valence-corrected chi connectivity index (χ3v) is 5.31. The molecule has 2 heterocycles. The summed E-state index contributed by atoms with van der Waals surface area (Å²) in [6.07, 6.45) is 10.6. The standard InChI is InChI=1S/C16H29N4O/c21-14-20(16-4-2-1-3-5-16)19-12-10-18(11-13-19)15-6-8-17-9-7-15/h2,14-17H,1,3-13H2. The van der Waals surface area contributed by atoms with Crippen LogP contribution in [0.15, 0.2) is 0 Å². The summed E-state index contributed by atoms with van der Waals surface area (Å²) in [5.41, 5.74) is 0. The highest BCUT2D eigenvalue weighted by Gasteiger charge is 2.30. The van der Waals surface area contributed by atoms with Crippen LogP contribution in [-0.2, 0) is 4.79 Å². The number of nitrogens with zero attached hydrogens (tertiary/aromatic N) is 3. The van der Waals surface area contributed by atoms with E-state index in [9.17, 15) is 4.79 Å². The van der Waals surface area contributed by atoms with Gasteiger partial charge in [0.2, 0.25) is 6.41 Å². The van der Waals surface area contributed by atoms with Crippen LogP contribution in [0, 0.1) is 6.42 Å². The van der Waals surface area contributed by atoms with E-state index >= 15 is 0 Å². The molecule has 1 aliphatic carbocycles. The Bertz CT molecular complexity index is 318. The molecule has 2 aliphatic heterocycles. The van der Waals surface area contributed by atoms with Crippen molar-refractivity contribution in [1.29, 1.82) is 0 Å². The van der Waals surface area contributed by atoms with Crippen molar-refractivity contribution in [3.05, 3.63) is 6.42 Å². The summed E-state index contributed by atoms with van der Waals surface area (Å²) >= 11 is 0. The molecule has 3 aliphatic rings. The van der Waals surface area contributed by atoms with E-state index < -0.39 is 0 Å². The Morgan fingerprint density at radius 2 is 1.86 bits per heavy atom. The van der Waals surface area contributed by atoms with Crippen LogP contribution in [0.5, 0.6) is 0 Å². The number of hydrogen-bond donors (Lipinski definition) is 1. The van der Waals surface area contributed by atoms with Crippen molar-refractivity contribution in [2.75, 3.05) is 39.3 Å².